The van der Waals surface area contributed by atoms with Gasteiger partial charge in [-0.2, -0.15) is 0 Å². The quantitative estimate of drug-likeness (QED) is 0.323. The van der Waals surface area contributed by atoms with Crippen LogP contribution in [0.4, 0.5) is 11.4 Å². The molecule has 0 bridgehead atoms. The number of hydrogen-bond acceptors (Lipinski definition) is 6. The fourth-order valence-corrected chi connectivity index (χ4v) is 7.84. The second kappa shape index (κ2) is 9.80. The number of rotatable bonds is 4. The van der Waals surface area contributed by atoms with Crippen molar-refractivity contribution in [1.29, 1.82) is 0 Å². The van der Waals surface area contributed by atoms with Gasteiger partial charge in [-0.05, 0) is 60.4 Å². The summed E-state index contributed by atoms with van der Waals surface area (Å²) in [7, 11) is 0. The Labute approximate surface area is 255 Å². The van der Waals surface area contributed by atoms with Gasteiger partial charge in [-0.3, -0.25) is 19.2 Å². The van der Waals surface area contributed by atoms with E-state index in [-0.39, 0.29) is 23.6 Å². The maximum atomic E-state index is 14.5. The van der Waals surface area contributed by atoms with Gasteiger partial charge in [-0.1, -0.05) is 84.9 Å². The molecule has 4 aromatic rings. The molecule has 0 spiro atoms. The van der Waals surface area contributed by atoms with Crippen molar-refractivity contribution in [3.63, 3.8) is 0 Å². The zero-order chi connectivity index (χ0) is 30.3. The van der Waals surface area contributed by atoms with Crippen LogP contribution in [0.15, 0.2) is 109 Å². The number of benzene rings is 4. The number of hydrazine groups is 1. The summed E-state index contributed by atoms with van der Waals surface area (Å²) in [5.74, 6) is -2.83. The van der Waals surface area contributed by atoms with Crippen molar-refractivity contribution in [2.45, 2.75) is 38.0 Å². The van der Waals surface area contributed by atoms with Gasteiger partial charge in [0.25, 0.3) is 11.8 Å². The summed E-state index contributed by atoms with van der Waals surface area (Å²) in [6.45, 7) is 3.85. The van der Waals surface area contributed by atoms with Gasteiger partial charge in [0, 0.05) is 0 Å². The first-order valence-electron chi connectivity index (χ1n) is 14.9. The summed E-state index contributed by atoms with van der Waals surface area (Å²) in [5, 5.41) is 3.82. The SMILES string of the molecule is Cc1cccc(N2C(=O)[C@@H]3[C@@H](C2=O)N2[C@H](c4ccccc4)[C@@H]4C(=O)N(c5cccc(C)c5)C(=O)[C@@H]4N2[C@@H]3c2ccccc2)c1. The van der Waals surface area contributed by atoms with Crippen molar-refractivity contribution in [2.24, 2.45) is 11.8 Å². The van der Waals surface area contributed by atoms with E-state index in [2.05, 4.69) is 0 Å². The molecule has 0 radical (unpaired) electrons. The maximum absolute atomic E-state index is 14.5. The Morgan fingerprint density at radius 2 is 0.818 bits per heavy atom. The van der Waals surface area contributed by atoms with Gasteiger partial charge in [0.1, 0.15) is 12.1 Å². The van der Waals surface area contributed by atoms with E-state index >= 15 is 0 Å². The van der Waals surface area contributed by atoms with E-state index < -0.39 is 36.0 Å². The van der Waals surface area contributed by atoms with E-state index in [0.29, 0.717) is 11.4 Å². The van der Waals surface area contributed by atoms with Crippen LogP contribution in [-0.2, 0) is 19.2 Å². The van der Waals surface area contributed by atoms with Crippen molar-refractivity contribution in [1.82, 2.24) is 10.0 Å². The van der Waals surface area contributed by atoms with Crippen LogP contribution in [0.25, 0.3) is 0 Å². The number of imide groups is 2. The number of amides is 4. The highest BCUT2D eigenvalue weighted by atomic mass is 16.2. The monoisotopic (exact) mass is 582 g/mol. The molecule has 8 heteroatoms. The zero-order valence-electron chi connectivity index (χ0n) is 24.3. The Morgan fingerprint density at radius 1 is 0.432 bits per heavy atom. The summed E-state index contributed by atoms with van der Waals surface area (Å²) in [6.07, 6.45) is 0. The molecule has 0 unspecified atom stereocenters. The van der Waals surface area contributed by atoms with Gasteiger partial charge in [0.05, 0.1) is 35.3 Å². The van der Waals surface area contributed by atoms with Gasteiger partial charge in [0.15, 0.2) is 0 Å². The highest BCUT2D eigenvalue weighted by Crippen LogP contribution is 2.59. The van der Waals surface area contributed by atoms with Crippen LogP contribution in [-0.4, -0.2) is 45.7 Å². The summed E-state index contributed by atoms with van der Waals surface area (Å²) >= 11 is 0. The molecule has 0 aliphatic carbocycles. The molecular formula is C36H30N4O4. The predicted octanol–water partition coefficient (Wildman–Crippen LogP) is 4.75. The highest BCUT2D eigenvalue weighted by molar-refractivity contribution is 6.26. The number of nitrogens with zero attached hydrogens (tertiary/aromatic N) is 4. The van der Waals surface area contributed by atoms with E-state index in [0.717, 1.165) is 22.3 Å². The van der Waals surface area contributed by atoms with Crippen LogP contribution in [0.3, 0.4) is 0 Å². The molecule has 4 aromatic carbocycles. The van der Waals surface area contributed by atoms with Gasteiger partial charge < -0.3 is 0 Å². The highest BCUT2D eigenvalue weighted by Gasteiger charge is 2.73. The number of carbonyl (C=O) groups is 4. The minimum absolute atomic E-state index is 0.301. The van der Waals surface area contributed by atoms with E-state index in [9.17, 15) is 19.2 Å². The van der Waals surface area contributed by atoms with Crippen LogP contribution in [0.2, 0.25) is 0 Å². The zero-order valence-corrected chi connectivity index (χ0v) is 24.3. The first-order chi connectivity index (χ1) is 21.4. The molecule has 4 aliphatic heterocycles. The lowest BCUT2D eigenvalue weighted by atomic mass is 9.84. The second-order valence-corrected chi connectivity index (χ2v) is 12.1. The average molecular weight is 583 g/mol. The lowest BCUT2D eigenvalue weighted by molar-refractivity contribution is -0.136. The second-order valence-electron chi connectivity index (χ2n) is 12.1. The van der Waals surface area contributed by atoms with Gasteiger partial charge in [0.2, 0.25) is 11.8 Å². The molecule has 4 heterocycles. The third-order valence-electron chi connectivity index (χ3n) is 9.53. The number of fused-ring (bicyclic) bond motifs is 5. The Bertz CT molecular complexity index is 1710. The fraction of sp³-hybridized carbons (Fsp3) is 0.222. The van der Waals surface area contributed by atoms with Crippen LogP contribution < -0.4 is 9.80 Å². The molecule has 4 amide bonds. The summed E-state index contributed by atoms with van der Waals surface area (Å²) < 4.78 is 0. The Morgan fingerprint density at radius 3 is 1.18 bits per heavy atom. The van der Waals surface area contributed by atoms with Crippen molar-refractivity contribution in [2.75, 3.05) is 9.80 Å². The van der Waals surface area contributed by atoms with Crippen LogP contribution in [0.1, 0.15) is 34.3 Å². The van der Waals surface area contributed by atoms with E-state index in [4.69, 9.17) is 0 Å². The summed E-state index contributed by atoms with van der Waals surface area (Å²) in [4.78, 5) is 60.4. The molecule has 8 rings (SSSR count). The normalized spacial score (nSPS) is 28.1. The van der Waals surface area contributed by atoms with Crippen molar-refractivity contribution in [3.8, 4) is 0 Å². The van der Waals surface area contributed by atoms with Crippen LogP contribution in [0.5, 0.6) is 0 Å². The first-order valence-corrected chi connectivity index (χ1v) is 14.9. The molecular weight excluding hydrogens is 552 g/mol. The Balaban J connectivity index is 1.33. The van der Waals surface area contributed by atoms with Gasteiger partial charge >= 0.3 is 0 Å². The number of carbonyl (C=O) groups excluding carboxylic acids is 4. The average Bonchev–Trinajstić information content (AvgIpc) is 3.69. The van der Waals surface area contributed by atoms with Crippen LogP contribution in [0, 0.1) is 25.7 Å². The number of hydrogen-bond donors (Lipinski definition) is 0. The summed E-state index contributed by atoms with van der Waals surface area (Å²) in [6, 6.07) is 30.9. The molecule has 4 fully saturated rings. The molecule has 0 aromatic heterocycles. The standard InChI is InChI=1S/C36H30N4O4/c1-21-11-9-17-25(19-21)37-33(41)27-29(23-13-5-3-6-14-23)40-32-28(34(42)38(36(32)44)26-18-10-12-22(2)20-26)30(24-15-7-4-8-16-24)39(40)31(27)35(37)43/h3-20,27-32H,1-2H3/t27-,28-,29+,30+,31-,32+/m0/s1. The minimum Gasteiger partial charge on any atom is -0.274 e. The lowest BCUT2D eigenvalue weighted by Gasteiger charge is -2.35. The maximum Gasteiger partial charge on any atom is 0.253 e. The third kappa shape index (κ3) is 3.64. The molecule has 0 saturated carbocycles. The molecule has 6 atom stereocenters. The van der Waals surface area contributed by atoms with E-state index in [1.54, 1.807) is 12.1 Å². The third-order valence-corrected chi connectivity index (χ3v) is 9.53. The molecule has 8 nitrogen and oxygen atoms in total. The Kier molecular flexibility index (Phi) is 5.95. The lowest BCUT2D eigenvalue weighted by Crippen LogP contribution is -2.50. The van der Waals surface area contributed by atoms with E-state index in [1.807, 2.05) is 121 Å². The fourth-order valence-electron chi connectivity index (χ4n) is 7.84. The molecule has 4 saturated heterocycles. The van der Waals surface area contributed by atoms with Crippen molar-refractivity contribution >= 4 is 35.0 Å². The van der Waals surface area contributed by atoms with Gasteiger partial charge in [-0.25, -0.2) is 19.8 Å². The largest absolute Gasteiger partial charge is 0.274 e. The molecule has 44 heavy (non-hydrogen) atoms. The van der Waals surface area contributed by atoms with Crippen molar-refractivity contribution in [3.05, 3.63) is 131 Å². The Hall–Kier alpha value is -4.92. The first kappa shape index (κ1) is 26.7. The molecule has 218 valence electrons. The van der Waals surface area contributed by atoms with Gasteiger partial charge in [-0.15, -0.1) is 0 Å². The topological polar surface area (TPSA) is 81.2 Å². The molecule has 0 N–H and O–H groups in total. The number of anilines is 2. The number of aryl methyl sites for hydroxylation is 2. The molecule has 4 aliphatic rings. The predicted molar refractivity (Wildman–Crippen MR) is 164 cm³/mol. The summed E-state index contributed by atoms with van der Waals surface area (Å²) in [5.41, 5.74) is 4.57. The van der Waals surface area contributed by atoms with E-state index in [1.165, 1.54) is 9.80 Å². The smallest absolute Gasteiger partial charge is 0.253 e. The minimum atomic E-state index is -0.878. The van der Waals surface area contributed by atoms with Crippen molar-refractivity contribution < 1.29 is 19.2 Å². The van der Waals surface area contributed by atoms with Crippen LogP contribution >= 0.6 is 0 Å².